The summed E-state index contributed by atoms with van der Waals surface area (Å²) in [5, 5.41) is 8.08. The summed E-state index contributed by atoms with van der Waals surface area (Å²) in [6.07, 6.45) is 0. The number of para-hydroxylation sites is 1. The predicted molar refractivity (Wildman–Crippen MR) is 141 cm³/mol. The van der Waals surface area contributed by atoms with Crippen LogP contribution < -0.4 is 15.5 Å². The molecule has 1 aliphatic heterocycles. The van der Waals surface area contributed by atoms with Crippen LogP contribution in [0.1, 0.15) is 26.3 Å². The van der Waals surface area contributed by atoms with Crippen molar-refractivity contribution in [2.75, 3.05) is 58.4 Å². The largest absolute Gasteiger partial charge is 0.379 e. The van der Waals surface area contributed by atoms with Crippen LogP contribution in [0.25, 0.3) is 10.9 Å². The zero-order valence-corrected chi connectivity index (χ0v) is 21.8. The second-order valence-corrected chi connectivity index (χ2v) is 8.51. The quantitative estimate of drug-likeness (QED) is 0.320. The molecule has 0 unspecified atom stereocenters. The molecule has 3 rings (SSSR count). The molecule has 2 aromatic rings. The number of aliphatic imine (C=N–C) groups is 1. The second kappa shape index (κ2) is 11.8. The van der Waals surface area contributed by atoms with Gasteiger partial charge in [0.25, 0.3) is 0 Å². The fourth-order valence-electron chi connectivity index (χ4n) is 3.68. The van der Waals surface area contributed by atoms with E-state index in [1.165, 1.54) is 5.56 Å². The average Bonchev–Trinajstić information content (AvgIpc) is 2.76. The van der Waals surface area contributed by atoms with Crippen LogP contribution in [0.4, 0.5) is 5.82 Å². The number of ether oxygens (including phenoxy) is 1. The predicted octanol–water partition coefficient (Wildman–Crippen LogP) is 3.08. The summed E-state index contributed by atoms with van der Waals surface area (Å²) in [6.45, 7) is 12.4. The molecule has 172 valence electrons. The number of halogens is 1. The first-order valence-corrected chi connectivity index (χ1v) is 10.8. The molecule has 0 saturated carbocycles. The van der Waals surface area contributed by atoms with Crippen molar-refractivity contribution in [2.24, 2.45) is 4.99 Å². The number of fused-ring (bicyclic) bond motifs is 1. The van der Waals surface area contributed by atoms with E-state index in [-0.39, 0.29) is 29.5 Å². The Morgan fingerprint density at radius 1 is 1.19 bits per heavy atom. The van der Waals surface area contributed by atoms with E-state index in [9.17, 15) is 0 Å². The van der Waals surface area contributed by atoms with Crippen LogP contribution in [0.3, 0.4) is 0 Å². The van der Waals surface area contributed by atoms with E-state index in [2.05, 4.69) is 60.6 Å². The maximum atomic E-state index is 5.50. The molecule has 0 aliphatic carbocycles. The molecule has 1 fully saturated rings. The number of guanidine groups is 1. The van der Waals surface area contributed by atoms with Crippen LogP contribution in [-0.2, 0) is 11.3 Å². The second-order valence-electron chi connectivity index (χ2n) is 8.51. The number of aromatic nitrogens is 1. The molecule has 0 amide bonds. The molecule has 0 spiro atoms. The Bertz CT molecular complexity index is 864. The lowest BCUT2D eigenvalue weighted by Crippen LogP contribution is -2.56. The third-order valence-electron chi connectivity index (χ3n) is 5.55. The van der Waals surface area contributed by atoms with Gasteiger partial charge in [0.2, 0.25) is 0 Å². The molecule has 2 heterocycles. The Labute approximate surface area is 203 Å². The molecule has 1 aliphatic rings. The number of pyridine rings is 1. The van der Waals surface area contributed by atoms with Crippen molar-refractivity contribution in [1.29, 1.82) is 0 Å². The van der Waals surface area contributed by atoms with E-state index < -0.39 is 0 Å². The molecule has 0 radical (unpaired) electrons. The molecule has 31 heavy (non-hydrogen) atoms. The fraction of sp³-hybridized carbons (Fsp3) is 0.565. The normalized spacial score (nSPS) is 15.5. The van der Waals surface area contributed by atoms with Crippen molar-refractivity contribution in [3.05, 3.63) is 35.9 Å². The Balaban J connectivity index is 0.00000341. The number of hydrogen-bond acceptors (Lipinski definition) is 5. The van der Waals surface area contributed by atoms with Gasteiger partial charge in [-0.05, 0) is 38.5 Å². The van der Waals surface area contributed by atoms with Crippen molar-refractivity contribution in [3.8, 4) is 0 Å². The van der Waals surface area contributed by atoms with Gasteiger partial charge in [-0.25, -0.2) is 9.98 Å². The summed E-state index contributed by atoms with van der Waals surface area (Å²) in [7, 11) is 4.03. The third-order valence-corrected chi connectivity index (χ3v) is 5.55. The average molecular weight is 540 g/mol. The summed E-state index contributed by atoms with van der Waals surface area (Å²) >= 11 is 0. The first-order valence-electron chi connectivity index (χ1n) is 10.8. The summed E-state index contributed by atoms with van der Waals surface area (Å²) in [6, 6.07) is 10.4. The Kier molecular flexibility index (Phi) is 9.77. The molecule has 1 aromatic heterocycles. The van der Waals surface area contributed by atoms with Gasteiger partial charge < -0.3 is 20.3 Å². The lowest BCUT2D eigenvalue weighted by Gasteiger charge is -2.41. The summed E-state index contributed by atoms with van der Waals surface area (Å²) in [5.41, 5.74) is 2.20. The number of morpholine rings is 1. The minimum atomic E-state index is 0. The van der Waals surface area contributed by atoms with Crippen molar-refractivity contribution >= 4 is 46.7 Å². The highest BCUT2D eigenvalue weighted by molar-refractivity contribution is 14.0. The highest BCUT2D eigenvalue weighted by Gasteiger charge is 2.28. The van der Waals surface area contributed by atoms with Gasteiger partial charge >= 0.3 is 0 Å². The van der Waals surface area contributed by atoms with Crippen molar-refractivity contribution in [1.82, 2.24) is 20.5 Å². The standard InChI is InChI=1S/C23H36N6O.HI/c1-6-24-22(26-17-23(2,3)29-11-13-30-14-12-29)25-16-18-15-21(28(4)5)27-20-10-8-7-9-19(18)20;/h7-10,15H,6,11-14,16-17H2,1-5H3,(H2,24,25,26);1H. The van der Waals surface area contributed by atoms with Crippen molar-refractivity contribution < 1.29 is 4.74 Å². The molecule has 2 N–H and O–H groups in total. The van der Waals surface area contributed by atoms with Gasteiger partial charge in [-0.1, -0.05) is 18.2 Å². The minimum Gasteiger partial charge on any atom is -0.379 e. The van der Waals surface area contributed by atoms with Gasteiger partial charge in [0, 0.05) is 51.2 Å². The Hall–Kier alpha value is -1.65. The first kappa shape index (κ1) is 25.6. The SMILES string of the molecule is CCNC(=NCc1cc(N(C)C)nc2ccccc12)NCC(C)(C)N1CCOCC1.I. The third kappa shape index (κ3) is 6.92. The number of nitrogens with zero attached hydrogens (tertiary/aromatic N) is 4. The van der Waals surface area contributed by atoms with Gasteiger partial charge in [0.05, 0.1) is 25.3 Å². The fourth-order valence-corrected chi connectivity index (χ4v) is 3.68. The molecule has 1 aromatic carbocycles. The number of hydrogen-bond donors (Lipinski definition) is 2. The van der Waals surface area contributed by atoms with Gasteiger partial charge in [-0.2, -0.15) is 0 Å². The number of benzene rings is 1. The maximum absolute atomic E-state index is 5.50. The summed E-state index contributed by atoms with van der Waals surface area (Å²) < 4.78 is 5.50. The monoisotopic (exact) mass is 540 g/mol. The highest BCUT2D eigenvalue weighted by Crippen LogP contribution is 2.23. The topological polar surface area (TPSA) is 65.0 Å². The van der Waals surface area contributed by atoms with Crippen molar-refractivity contribution in [2.45, 2.75) is 32.9 Å². The van der Waals surface area contributed by atoms with E-state index in [4.69, 9.17) is 14.7 Å². The number of anilines is 1. The summed E-state index contributed by atoms with van der Waals surface area (Å²) in [5.74, 6) is 1.79. The van der Waals surface area contributed by atoms with Crippen LogP contribution in [0.15, 0.2) is 35.3 Å². The van der Waals surface area contributed by atoms with E-state index >= 15 is 0 Å². The zero-order valence-electron chi connectivity index (χ0n) is 19.4. The van der Waals surface area contributed by atoms with E-state index in [0.717, 1.165) is 62.1 Å². The van der Waals surface area contributed by atoms with Gasteiger partial charge in [-0.15, -0.1) is 24.0 Å². The number of rotatable bonds is 7. The first-order chi connectivity index (χ1) is 14.4. The minimum absolute atomic E-state index is 0. The van der Waals surface area contributed by atoms with Crippen LogP contribution >= 0.6 is 24.0 Å². The van der Waals surface area contributed by atoms with E-state index in [1.807, 2.05) is 25.1 Å². The molecule has 8 heteroatoms. The molecular formula is C23H37IN6O. The highest BCUT2D eigenvalue weighted by atomic mass is 127. The van der Waals surface area contributed by atoms with E-state index in [1.54, 1.807) is 0 Å². The molecule has 1 saturated heterocycles. The smallest absolute Gasteiger partial charge is 0.191 e. The lowest BCUT2D eigenvalue weighted by atomic mass is 10.0. The van der Waals surface area contributed by atoms with Crippen LogP contribution in [0.2, 0.25) is 0 Å². The van der Waals surface area contributed by atoms with Gasteiger partial charge in [0.1, 0.15) is 5.82 Å². The number of nitrogens with one attached hydrogen (secondary N) is 2. The summed E-state index contributed by atoms with van der Waals surface area (Å²) in [4.78, 5) is 14.2. The Morgan fingerprint density at radius 2 is 1.90 bits per heavy atom. The zero-order chi connectivity index (χ0) is 21.6. The Morgan fingerprint density at radius 3 is 2.58 bits per heavy atom. The maximum Gasteiger partial charge on any atom is 0.191 e. The van der Waals surface area contributed by atoms with Crippen LogP contribution in [-0.4, -0.2) is 74.9 Å². The van der Waals surface area contributed by atoms with Gasteiger partial charge in [-0.3, -0.25) is 4.90 Å². The van der Waals surface area contributed by atoms with E-state index in [0.29, 0.717) is 6.54 Å². The van der Waals surface area contributed by atoms with Crippen LogP contribution in [0.5, 0.6) is 0 Å². The van der Waals surface area contributed by atoms with Gasteiger partial charge in [0.15, 0.2) is 5.96 Å². The van der Waals surface area contributed by atoms with Crippen LogP contribution in [0, 0.1) is 0 Å². The molecule has 0 atom stereocenters. The molecule has 7 nitrogen and oxygen atoms in total. The molecular weight excluding hydrogens is 503 g/mol. The lowest BCUT2D eigenvalue weighted by molar-refractivity contribution is -0.00834. The van der Waals surface area contributed by atoms with Crippen molar-refractivity contribution in [3.63, 3.8) is 0 Å². The molecule has 0 bridgehead atoms.